The number of rotatable bonds is 6. The maximum atomic E-state index is 14.0. The lowest BCUT2D eigenvalue weighted by Gasteiger charge is -2.16. The molecule has 0 aliphatic heterocycles. The van der Waals surface area contributed by atoms with E-state index >= 15 is 0 Å². The van der Waals surface area contributed by atoms with Gasteiger partial charge < -0.3 is 14.6 Å². The Balaban J connectivity index is 2.00. The maximum absolute atomic E-state index is 14.0. The molecule has 0 unspecified atom stereocenters. The second kappa shape index (κ2) is 8.88. The van der Waals surface area contributed by atoms with Crippen LogP contribution < -0.4 is 14.8 Å². The van der Waals surface area contributed by atoms with Gasteiger partial charge in [-0.25, -0.2) is 17.6 Å². The predicted molar refractivity (Wildman–Crippen MR) is 117 cm³/mol. The van der Waals surface area contributed by atoms with Crippen LogP contribution in [0.1, 0.15) is 0 Å². The van der Waals surface area contributed by atoms with Crippen LogP contribution in [-0.2, 0) is 9.84 Å². The van der Waals surface area contributed by atoms with Gasteiger partial charge in [-0.3, -0.25) is 5.32 Å². The third-order valence-corrected chi connectivity index (χ3v) is 5.83. The molecule has 0 atom stereocenters. The number of anilines is 1. The zero-order valence-electron chi connectivity index (χ0n) is 15.4. The van der Waals surface area contributed by atoms with Crippen LogP contribution in [0.3, 0.4) is 0 Å². The first-order chi connectivity index (χ1) is 14.1. The molecule has 156 valence electrons. The molecule has 1 amide bonds. The zero-order valence-corrected chi connectivity index (χ0v) is 18.4. The molecule has 0 saturated carbocycles. The molecular formula is C20H15FINO6S. The van der Waals surface area contributed by atoms with E-state index in [1.807, 2.05) is 22.6 Å². The summed E-state index contributed by atoms with van der Waals surface area (Å²) in [6.45, 7) is 0. The van der Waals surface area contributed by atoms with Crippen molar-refractivity contribution in [3.05, 3.63) is 70.1 Å². The largest absolute Gasteiger partial charge is 0.465 e. The van der Waals surface area contributed by atoms with Crippen molar-refractivity contribution in [2.24, 2.45) is 0 Å². The number of benzene rings is 3. The Morgan fingerprint density at radius 2 is 1.63 bits per heavy atom. The molecule has 0 saturated heterocycles. The number of nitrogens with one attached hydrogen (secondary N) is 1. The molecule has 0 spiro atoms. The summed E-state index contributed by atoms with van der Waals surface area (Å²) in [4.78, 5) is 11.2. The summed E-state index contributed by atoms with van der Waals surface area (Å²) in [7, 11) is -3.36. The maximum Gasteiger partial charge on any atom is 0.409 e. The van der Waals surface area contributed by atoms with Gasteiger partial charge in [0.05, 0.1) is 10.6 Å². The Bertz CT molecular complexity index is 1200. The first kappa shape index (κ1) is 21.8. The molecule has 7 nitrogen and oxygen atoms in total. The summed E-state index contributed by atoms with van der Waals surface area (Å²) in [6, 6.07) is 14.4. The van der Waals surface area contributed by atoms with Crippen molar-refractivity contribution >= 4 is 44.2 Å². The summed E-state index contributed by atoms with van der Waals surface area (Å²) < 4.78 is 49.2. The summed E-state index contributed by atoms with van der Waals surface area (Å²) in [5.41, 5.74) is 0.231. The van der Waals surface area contributed by atoms with Crippen molar-refractivity contribution < 1.29 is 32.2 Å². The second-order valence-electron chi connectivity index (χ2n) is 6.09. The fraction of sp³-hybridized carbons (Fsp3) is 0.0500. The number of carboxylic acid groups (broad SMARTS) is 1. The van der Waals surface area contributed by atoms with Gasteiger partial charge in [0.2, 0.25) is 0 Å². The molecule has 0 aliphatic rings. The molecule has 0 bridgehead atoms. The number of hydrogen-bond acceptors (Lipinski definition) is 5. The first-order valence-electron chi connectivity index (χ1n) is 8.37. The van der Waals surface area contributed by atoms with Gasteiger partial charge >= 0.3 is 6.09 Å². The molecule has 0 heterocycles. The fourth-order valence-electron chi connectivity index (χ4n) is 2.43. The van der Waals surface area contributed by atoms with Crippen molar-refractivity contribution in [3.63, 3.8) is 0 Å². The number of sulfone groups is 1. The Morgan fingerprint density at radius 3 is 2.23 bits per heavy atom. The second-order valence-corrected chi connectivity index (χ2v) is 9.26. The van der Waals surface area contributed by atoms with Gasteiger partial charge in [0.15, 0.2) is 32.9 Å². The van der Waals surface area contributed by atoms with Crippen LogP contribution in [0.4, 0.5) is 14.9 Å². The molecule has 2 N–H and O–H groups in total. The number of para-hydroxylation sites is 1. The van der Waals surface area contributed by atoms with Crippen LogP contribution in [0.15, 0.2) is 65.6 Å². The number of amides is 1. The molecule has 0 fully saturated rings. The SMILES string of the molecule is CS(=O)(=O)c1ccc(Oc2cc(I)c(NC(=O)O)cc2Oc2ccccc2F)cc1. The lowest BCUT2D eigenvalue weighted by Crippen LogP contribution is -2.09. The predicted octanol–water partition coefficient (Wildman–Crippen LogP) is 5.51. The van der Waals surface area contributed by atoms with Crippen molar-refractivity contribution in [2.45, 2.75) is 4.90 Å². The molecule has 3 aromatic rings. The lowest BCUT2D eigenvalue weighted by atomic mass is 10.2. The molecular weight excluding hydrogens is 528 g/mol. The van der Waals surface area contributed by atoms with Crippen molar-refractivity contribution in [3.8, 4) is 23.0 Å². The molecule has 10 heteroatoms. The van der Waals surface area contributed by atoms with Gasteiger partial charge in [-0.15, -0.1) is 0 Å². The van der Waals surface area contributed by atoms with Gasteiger partial charge in [-0.1, -0.05) is 12.1 Å². The smallest absolute Gasteiger partial charge is 0.409 e. The van der Waals surface area contributed by atoms with E-state index in [0.717, 1.165) is 6.26 Å². The molecule has 0 aromatic heterocycles. The van der Waals surface area contributed by atoms with E-state index < -0.39 is 21.7 Å². The summed E-state index contributed by atoms with van der Waals surface area (Å²) in [6.07, 6.45) is -0.172. The Labute approximate surface area is 185 Å². The van der Waals surface area contributed by atoms with Crippen LogP contribution in [0.2, 0.25) is 0 Å². The number of halogens is 2. The number of ether oxygens (including phenoxy) is 2. The first-order valence-corrected chi connectivity index (χ1v) is 11.3. The van der Waals surface area contributed by atoms with Gasteiger partial charge in [0, 0.05) is 22.0 Å². The molecule has 30 heavy (non-hydrogen) atoms. The Hall–Kier alpha value is -2.86. The van der Waals surface area contributed by atoms with Crippen molar-refractivity contribution in [1.29, 1.82) is 0 Å². The van der Waals surface area contributed by atoms with Crippen molar-refractivity contribution in [2.75, 3.05) is 11.6 Å². The van der Waals surface area contributed by atoms with E-state index in [9.17, 15) is 17.6 Å². The van der Waals surface area contributed by atoms with Crippen LogP contribution >= 0.6 is 22.6 Å². The normalized spacial score (nSPS) is 11.0. The topological polar surface area (TPSA) is 102 Å². The average molecular weight is 543 g/mol. The van der Waals surface area contributed by atoms with Crippen LogP contribution in [0, 0.1) is 9.39 Å². The highest BCUT2D eigenvalue weighted by Crippen LogP contribution is 2.40. The summed E-state index contributed by atoms with van der Waals surface area (Å²) in [5, 5.41) is 11.3. The highest BCUT2D eigenvalue weighted by molar-refractivity contribution is 14.1. The van der Waals surface area contributed by atoms with Crippen molar-refractivity contribution in [1.82, 2.24) is 0 Å². The highest BCUT2D eigenvalue weighted by atomic mass is 127. The third-order valence-electron chi connectivity index (χ3n) is 3.81. The summed E-state index contributed by atoms with van der Waals surface area (Å²) in [5.74, 6) is -0.109. The Morgan fingerprint density at radius 1 is 1.00 bits per heavy atom. The fourth-order valence-corrected chi connectivity index (χ4v) is 3.64. The van der Waals surface area contributed by atoms with E-state index in [0.29, 0.717) is 9.32 Å². The van der Waals surface area contributed by atoms with Crippen LogP contribution in [-0.4, -0.2) is 25.9 Å². The minimum atomic E-state index is -3.36. The third kappa shape index (κ3) is 5.39. The standard InChI is InChI=1S/C20H15FINO6S/c1-30(26,27)13-8-6-12(7-9-13)28-18-10-15(22)16(23-20(24)25)11-19(18)29-17-5-3-2-4-14(17)21/h2-11,23H,1H3,(H,24,25). The Kier molecular flexibility index (Phi) is 6.46. The van der Waals surface area contributed by atoms with E-state index in [1.54, 1.807) is 6.07 Å². The quantitative estimate of drug-likeness (QED) is 0.398. The minimum absolute atomic E-state index is 0.0662. The lowest BCUT2D eigenvalue weighted by molar-refractivity contribution is 0.209. The zero-order chi connectivity index (χ0) is 21.9. The van der Waals surface area contributed by atoms with Gasteiger partial charge in [0.1, 0.15) is 5.75 Å². The van der Waals surface area contributed by atoms with E-state index in [4.69, 9.17) is 14.6 Å². The highest BCUT2D eigenvalue weighted by Gasteiger charge is 2.16. The summed E-state index contributed by atoms with van der Waals surface area (Å²) >= 11 is 1.92. The minimum Gasteiger partial charge on any atom is -0.465 e. The monoisotopic (exact) mass is 543 g/mol. The van der Waals surface area contributed by atoms with E-state index in [1.165, 1.54) is 54.6 Å². The molecule has 3 rings (SSSR count). The average Bonchev–Trinajstić information content (AvgIpc) is 2.66. The number of carbonyl (C=O) groups is 1. The van der Waals surface area contributed by atoms with E-state index in [2.05, 4.69) is 5.32 Å². The molecule has 0 radical (unpaired) electrons. The van der Waals surface area contributed by atoms with Gasteiger partial charge in [-0.05, 0) is 59.0 Å². The molecule has 3 aromatic carbocycles. The number of hydrogen-bond donors (Lipinski definition) is 2. The van der Waals surface area contributed by atoms with Crippen LogP contribution in [0.5, 0.6) is 23.0 Å². The van der Waals surface area contributed by atoms with E-state index in [-0.39, 0.29) is 27.8 Å². The van der Waals surface area contributed by atoms with Crippen LogP contribution in [0.25, 0.3) is 0 Å². The van der Waals surface area contributed by atoms with Gasteiger partial charge in [0.25, 0.3) is 0 Å². The van der Waals surface area contributed by atoms with Gasteiger partial charge in [-0.2, -0.15) is 0 Å². The molecule has 0 aliphatic carbocycles.